The Morgan fingerprint density at radius 1 is 0.373 bits per heavy atom. The minimum atomic E-state index is -1.63. The van der Waals surface area contributed by atoms with Gasteiger partial charge in [-0.15, -0.1) is 0 Å². The van der Waals surface area contributed by atoms with Crippen LogP contribution in [0.25, 0.3) is 0 Å². The highest BCUT2D eigenvalue weighted by Crippen LogP contribution is 2.18. The van der Waals surface area contributed by atoms with Crippen LogP contribution in [0.15, 0.2) is 72.9 Å². The molecule has 9 heteroatoms. The molecule has 0 aromatic heterocycles. The molecular weight excluding hydrogens is 1030 g/mol. The number of carboxylic acids is 1. The second-order valence-electron chi connectivity index (χ2n) is 24.8. The highest BCUT2D eigenvalue weighted by Gasteiger charge is 2.22. The van der Waals surface area contributed by atoms with Crippen LogP contribution in [0.2, 0.25) is 0 Å². The zero-order chi connectivity index (χ0) is 60.5. The number of aliphatic carboxylic acids is 1. The second-order valence-corrected chi connectivity index (χ2v) is 24.8. The molecule has 0 saturated carbocycles. The van der Waals surface area contributed by atoms with Crippen molar-refractivity contribution in [3.8, 4) is 0 Å². The van der Waals surface area contributed by atoms with Crippen molar-refractivity contribution in [2.45, 2.75) is 334 Å². The van der Waals surface area contributed by atoms with E-state index in [9.17, 15) is 19.5 Å². The van der Waals surface area contributed by atoms with Gasteiger partial charge in [-0.3, -0.25) is 9.59 Å². The molecular formula is C74H133NO8. The molecule has 0 heterocycles. The minimum Gasteiger partial charge on any atom is -0.545 e. The van der Waals surface area contributed by atoms with Gasteiger partial charge in [-0.2, -0.15) is 0 Å². The molecule has 0 spiro atoms. The molecule has 0 aliphatic rings. The Balaban J connectivity index is 4.07. The summed E-state index contributed by atoms with van der Waals surface area (Å²) in [5.74, 6) is -2.31. The van der Waals surface area contributed by atoms with Crippen molar-refractivity contribution < 1.29 is 42.9 Å². The number of carbonyl (C=O) groups is 3. The van der Waals surface area contributed by atoms with Crippen LogP contribution >= 0.6 is 0 Å². The van der Waals surface area contributed by atoms with Crippen LogP contribution in [0, 0.1) is 0 Å². The van der Waals surface area contributed by atoms with Crippen molar-refractivity contribution in [3.63, 3.8) is 0 Å². The van der Waals surface area contributed by atoms with E-state index >= 15 is 0 Å². The molecule has 0 N–H and O–H groups in total. The monoisotopic (exact) mass is 1160 g/mol. The summed E-state index contributed by atoms with van der Waals surface area (Å²) in [6, 6.07) is 0. The first-order valence-corrected chi connectivity index (χ1v) is 35.1. The number of quaternary nitrogens is 1. The summed E-state index contributed by atoms with van der Waals surface area (Å²) < 4.78 is 22.8. The number of esters is 2. The predicted molar refractivity (Wildman–Crippen MR) is 352 cm³/mol. The maximum absolute atomic E-state index is 12.9. The Bertz CT molecular complexity index is 1590. The lowest BCUT2D eigenvalue weighted by Crippen LogP contribution is -2.44. The fraction of sp³-hybridized carbons (Fsp3) is 0.797. The van der Waals surface area contributed by atoms with E-state index in [1.165, 1.54) is 205 Å². The lowest BCUT2D eigenvalue weighted by molar-refractivity contribution is -0.870. The number of nitrogens with zero attached hydrogens (tertiary/aromatic N) is 1. The maximum Gasteiger partial charge on any atom is 0.306 e. The van der Waals surface area contributed by atoms with E-state index in [0.29, 0.717) is 17.4 Å². The topological polar surface area (TPSA) is 111 Å². The van der Waals surface area contributed by atoms with Crippen molar-refractivity contribution in [2.24, 2.45) is 0 Å². The quantitative estimate of drug-likeness (QED) is 0.0195. The van der Waals surface area contributed by atoms with E-state index in [2.05, 4.69) is 86.8 Å². The molecule has 0 rings (SSSR count). The van der Waals surface area contributed by atoms with Gasteiger partial charge < -0.3 is 33.3 Å². The summed E-state index contributed by atoms with van der Waals surface area (Å²) in [7, 11) is 5.92. The SMILES string of the molecule is CC/C=C\C/C=C\C/C=C\C/C=C\C/C=C\C/C=C\CCCCCCC(=O)OC(COC(=O)CCCCCCCCCCCCCCCCCCCCCCCCCCCCCCCCCCCCC)COC(OCC[N+](C)(C)C)C(=O)[O-]. The first-order valence-electron chi connectivity index (χ1n) is 35.1. The number of allylic oxidation sites excluding steroid dienone is 12. The van der Waals surface area contributed by atoms with Gasteiger partial charge in [0.05, 0.1) is 40.3 Å². The molecule has 9 nitrogen and oxygen atoms in total. The fourth-order valence-corrected chi connectivity index (χ4v) is 10.1. The average Bonchev–Trinajstić information content (AvgIpc) is 3.46. The van der Waals surface area contributed by atoms with Gasteiger partial charge in [-0.05, 0) is 64.2 Å². The van der Waals surface area contributed by atoms with Gasteiger partial charge >= 0.3 is 11.9 Å². The number of carbonyl (C=O) groups excluding carboxylic acids is 3. The molecule has 0 bridgehead atoms. The molecule has 482 valence electrons. The highest BCUT2D eigenvalue weighted by molar-refractivity contribution is 5.70. The highest BCUT2D eigenvalue weighted by atomic mass is 16.7. The molecule has 0 aromatic rings. The van der Waals surface area contributed by atoms with Crippen LogP contribution in [-0.4, -0.2) is 82.3 Å². The van der Waals surface area contributed by atoms with Crippen LogP contribution in [0.5, 0.6) is 0 Å². The number of hydrogen-bond acceptors (Lipinski definition) is 8. The smallest absolute Gasteiger partial charge is 0.306 e. The first kappa shape index (κ1) is 79.7. The van der Waals surface area contributed by atoms with Crippen LogP contribution in [0.3, 0.4) is 0 Å². The zero-order valence-corrected chi connectivity index (χ0v) is 55.1. The summed E-state index contributed by atoms with van der Waals surface area (Å²) in [6.45, 7) is 4.64. The van der Waals surface area contributed by atoms with Crippen LogP contribution in [0.4, 0.5) is 0 Å². The maximum atomic E-state index is 12.9. The van der Waals surface area contributed by atoms with Gasteiger partial charge in [0.25, 0.3) is 0 Å². The van der Waals surface area contributed by atoms with E-state index in [4.69, 9.17) is 18.9 Å². The normalized spacial score (nSPS) is 13.1. The molecule has 83 heavy (non-hydrogen) atoms. The summed E-state index contributed by atoms with van der Waals surface area (Å²) in [5, 5.41) is 11.8. The number of unbranched alkanes of at least 4 members (excludes halogenated alkanes) is 38. The van der Waals surface area contributed by atoms with E-state index in [1.54, 1.807) is 0 Å². The third-order valence-corrected chi connectivity index (χ3v) is 15.5. The standard InChI is InChI=1S/C74H133NO8/c1-6-8-10-12-14-16-18-20-22-24-26-28-30-31-32-33-34-35-36-37-38-39-40-41-43-44-46-48-50-52-54-56-58-60-62-64-71(76)81-68-70(69-82-74(73(78)79)80-67-66-75(3,4)5)83-72(77)65-63-61-59-57-55-53-51-49-47-45-42-29-27-25-23-21-19-17-15-13-11-9-7-2/h9,11,15,17,21,23,27,29,45,47,51,53,70,74H,6-8,10,12-14,16,18-20,22,24-26,28,30-44,46,48-50,52,54-69H2,1-5H3/b11-9-,17-15-,23-21-,29-27-,47-45-,53-51-. The van der Waals surface area contributed by atoms with Crippen molar-refractivity contribution in [3.05, 3.63) is 72.9 Å². The molecule has 0 saturated heterocycles. The van der Waals surface area contributed by atoms with Gasteiger partial charge in [0.15, 0.2) is 12.4 Å². The Morgan fingerprint density at radius 3 is 1.02 bits per heavy atom. The molecule has 0 aromatic carbocycles. The molecule has 0 amide bonds. The van der Waals surface area contributed by atoms with Crippen molar-refractivity contribution in [1.29, 1.82) is 0 Å². The zero-order valence-electron chi connectivity index (χ0n) is 55.1. The molecule has 2 atom stereocenters. The van der Waals surface area contributed by atoms with Crippen LogP contribution in [-0.2, 0) is 33.3 Å². The molecule has 0 aliphatic carbocycles. The third kappa shape index (κ3) is 66.1. The second kappa shape index (κ2) is 64.7. The number of hydrogen-bond donors (Lipinski definition) is 0. The average molecular weight is 1160 g/mol. The van der Waals surface area contributed by atoms with Gasteiger partial charge in [-0.25, -0.2) is 0 Å². The minimum absolute atomic E-state index is 0.140. The van der Waals surface area contributed by atoms with Gasteiger partial charge in [0.1, 0.15) is 13.2 Å². The Labute approximate surface area is 513 Å². The van der Waals surface area contributed by atoms with Crippen molar-refractivity contribution in [2.75, 3.05) is 47.5 Å². The van der Waals surface area contributed by atoms with E-state index < -0.39 is 24.3 Å². The third-order valence-electron chi connectivity index (χ3n) is 15.5. The van der Waals surface area contributed by atoms with Gasteiger partial charge in [-0.1, -0.05) is 318 Å². The molecule has 0 aliphatic heterocycles. The number of ether oxygens (including phenoxy) is 4. The molecule has 2 unspecified atom stereocenters. The van der Waals surface area contributed by atoms with Crippen LogP contribution < -0.4 is 5.11 Å². The summed E-state index contributed by atoms with van der Waals surface area (Å²) in [6.07, 6.45) is 82.9. The number of likely N-dealkylation sites (N-methyl/N-ethyl adjacent to an activating group) is 1. The molecule has 0 fully saturated rings. The summed E-state index contributed by atoms with van der Waals surface area (Å²) >= 11 is 0. The van der Waals surface area contributed by atoms with E-state index in [1.807, 2.05) is 21.1 Å². The van der Waals surface area contributed by atoms with Gasteiger partial charge in [0, 0.05) is 12.8 Å². The number of rotatable bonds is 65. The first-order chi connectivity index (χ1) is 40.6. The van der Waals surface area contributed by atoms with Crippen molar-refractivity contribution >= 4 is 17.9 Å². The van der Waals surface area contributed by atoms with Crippen molar-refractivity contribution in [1.82, 2.24) is 0 Å². The van der Waals surface area contributed by atoms with Crippen LogP contribution in [0.1, 0.15) is 322 Å². The van der Waals surface area contributed by atoms with Gasteiger partial charge in [0.2, 0.25) is 0 Å². The Hall–Kier alpha value is -3.27. The summed E-state index contributed by atoms with van der Waals surface area (Å²) in [4.78, 5) is 37.4. The van der Waals surface area contributed by atoms with E-state index in [-0.39, 0.29) is 38.6 Å². The Morgan fingerprint density at radius 2 is 0.687 bits per heavy atom. The van der Waals surface area contributed by atoms with E-state index in [0.717, 1.165) is 83.5 Å². The lowest BCUT2D eigenvalue weighted by Gasteiger charge is -2.26. The fourth-order valence-electron chi connectivity index (χ4n) is 10.1. The largest absolute Gasteiger partial charge is 0.545 e. The Kier molecular flexibility index (Phi) is 62.2. The lowest BCUT2D eigenvalue weighted by atomic mass is 10.0. The predicted octanol–water partition coefficient (Wildman–Crippen LogP) is 20.4. The number of carboxylic acid groups (broad SMARTS) is 1. The molecule has 0 radical (unpaired) electrons. The summed E-state index contributed by atoms with van der Waals surface area (Å²) in [5.41, 5.74) is 0.